The summed E-state index contributed by atoms with van der Waals surface area (Å²) in [6.07, 6.45) is 0. The van der Waals surface area contributed by atoms with E-state index in [0.717, 1.165) is 39.5 Å². The van der Waals surface area contributed by atoms with Gasteiger partial charge in [-0.2, -0.15) is 0 Å². The zero-order valence-electron chi connectivity index (χ0n) is 15.4. The number of thiophene rings is 1. The number of benzene rings is 3. The minimum absolute atomic E-state index is 0.410. The zero-order chi connectivity index (χ0) is 20.0. The van der Waals surface area contributed by atoms with Crippen molar-refractivity contribution in [3.05, 3.63) is 93.6 Å². The molecule has 0 aliphatic carbocycles. The molecule has 2 heterocycles. The predicted molar refractivity (Wildman–Crippen MR) is 122 cm³/mol. The highest BCUT2D eigenvalue weighted by molar-refractivity contribution is 7.09. The molecule has 0 atom stereocenters. The molecule has 0 aliphatic rings. The molecule has 0 bridgehead atoms. The number of carbonyl (C=O) groups is 1. The van der Waals surface area contributed by atoms with Crippen molar-refractivity contribution in [2.24, 2.45) is 5.73 Å². The first-order valence-corrected chi connectivity index (χ1v) is 10.5. The number of amides is 1. The van der Waals surface area contributed by atoms with Gasteiger partial charge in [0.25, 0.3) is 0 Å². The van der Waals surface area contributed by atoms with Gasteiger partial charge in [-0.25, -0.2) is 0 Å². The molecular weight excluding hydrogens is 400 g/mol. The maximum Gasteiger partial charge on any atom is 0.249 e. The van der Waals surface area contributed by atoms with Crippen molar-refractivity contribution in [1.29, 1.82) is 0 Å². The Kier molecular flexibility index (Phi) is 4.38. The van der Waals surface area contributed by atoms with Gasteiger partial charge < -0.3 is 10.3 Å². The molecule has 2 N–H and O–H groups in total. The van der Waals surface area contributed by atoms with E-state index in [2.05, 4.69) is 46.3 Å². The molecule has 5 heteroatoms. The van der Waals surface area contributed by atoms with E-state index in [1.807, 2.05) is 30.3 Å². The van der Waals surface area contributed by atoms with E-state index in [9.17, 15) is 4.79 Å². The summed E-state index contributed by atoms with van der Waals surface area (Å²) in [5.74, 6) is -0.410. The second-order valence-corrected chi connectivity index (χ2v) is 8.44. The lowest BCUT2D eigenvalue weighted by molar-refractivity contribution is 0.100. The van der Waals surface area contributed by atoms with Crippen LogP contribution in [0, 0.1) is 0 Å². The molecule has 0 aliphatic heterocycles. The Morgan fingerprint density at radius 1 is 0.931 bits per heavy atom. The molecule has 0 spiro atoms. The summed E-state index contributed by atoms with van der Waals surface area (Å²) in [6, 6.07) is 24.1. The number of aromatic nitrogens is 1. The van der Waals surface area contributed by atoms with Gasteiger partial charge in [0.15, 0.2) is 0 Å². The van der Waals surface area contributed by atoms with Crippen LogP contribution in [0.2, 0.25) is 5.02 Å². The van der Waals surface area contributed by atoms with E-state index in [-0.39, 0.29) is 0 Å². The molecule has 3 aromatic carbocycles. The van der Waals surface area contributed by atoms with Gasteiger partial charge in [0.2, 0.25) is 5.91 Å². The van der Waals surface area contributed by atoms with Crippen molar-refractivity contribution in [2.75, 3.05) is 0 Å². The van der Waals surface area contributed by atoms with Gasteiger partial charge in [-0.15, -0.1) is 11.3 Å². The largest absolute Gasteiger partial charge is 0.366 e. The van der Waals surface area contributed by atoms with Gasteiger partial charge >= 0.3 is 0 Å². The first kappa shape index (κ1) is 18.0. The quantitative estimate of drug-likeness (QED) is 0.366. The number of nitrogens with two attached hydrogens (primary N) is 1. The molecule has 2 aromatic heterocycles. The second-order valence-electron chi connectivity index (χ2n) is 6.97. The van der Waals surface area contributed by atoms with Crippen LogP contribution in [0.5, 0.6) is 0 Å². The molecule has 0 unspecified atom stereocenters. The molecule has 142 valence electrons. The molecule has 3 nitrogen and oxygen atoms in total. The Hall–Kier alpha value is -3.08. The van der Waals surface area contributed by atoms with Crippen LogP contribution in [-0.2, 0) is 6.54 Å². The van der Waals surface area contributed by atoms with Crippen LogP contribution < -0.4 is 5.73 Å². The lowest BCUT2D eigenvalue weighted by atomic mass is 10.0. The zero-order valence-corrected chi connectivity index (χ0v) is 17.0. The molecule has 0 saturated heterocycles. The van der Waals surface area contributed by atoms with Gasteiger partial charge in [-0.1, -0.05) is 48.0 Å². The van der Waals surface area contributed by atoms with Gasteiger partial charge in [0, 0.05) is 26.2 Å². The number of hydrogen-bond donors (Lipinski definition) is 1. The summed E-state index contributed by atoms with van der Waals surface area (Å²) in [5, 5.41) is 4.74. The van der Waals surface area contributed by atoms with Crippen LogP contribution >= 0.6 is 22.9 Å². The van der Waals surface area contributed by atoms with Crippen molar-refractivity contribution in [2.45, 2.75) is 6.54 Å². The maximum atomic E-state index is 12.1. The Morgan fingerprint density at radius 3 is 2.45 bits per heavy atom. The fraction of sp³-hybridized carbons (Fsp3) is 0.0417. The van der Waals surface area contributed by atoms with Crippen LogP contribution in [0.4, 0.5) is 0 Å². The van der Waals surface area contributed by atoms with Gasteiger partial charge in [0.1, 0.15) is 0 Å². The Balaban J connectivity index is 1.81. The van der Waals surface area contributed by atoms with Gasteiger partial charge in [-0.3, -0.25) is 4.79 Å². The normalized spacial score (nSPS) is 11.3. The first-order chi connectivity index (χ1) is 14.1. The predicted octanol–water partition coefficient (Wildman–Crippen LogP) is 6.32. The van der Waals surface area contributed by atoms with E-state index in [1.54, 1.807) is 17.4 Å². The van der Waals surface area contributed by atoms with Crippen molar-refractivity contribution < 1.29 is 4.79 Å². The Labute approximate surface area is 177 Å². The lowest BCUT2D eigenvalue weighted by Crippen LogP contribution is -2.11. The molecular formula is C24H17ClN2OS. The highest BCUT2D eigenvalue weighted by Gasteiger charge is 2.17. The van der Waals surface area contributed by atoms with Crippen LogP contribution in [0.3, 0.4) is 0 Å². The minimum Gasteiger partial charge on any atom is -0.366 e. The Morgan fingerprint density at radius 2 is 1.72 bits per heavy atom. The van der Waals surface area contributed by atoms with E-state index in [1.165, 1.54) is 4.88 Å². The van der Waals surface area contributed by atoms with Gasteiger partial charge in [-0.05, 0) is 52.9 Å². The molecule has 0 fully saturated rings. The molecule has 5 rings (SSSR count). The number of rotatable bonds is 4. The lowest BCUT2D eigenvalue weighted by Gasteiger charge is -2.08. The van der Waals surface area contributed by atoms with Crippen molar-refractivity contribution in [3.8, 4) is 11.1 Å². The third kappa shape index (κ3) is 3.11. The summed E-state index contributed by atoms with van der Waals surface area (Å²) in [5.41, 5.74) is 10.5. The van der Waals surface area contributed by atoms with Gasteiger partial charge in [0.05, 0.1) is 17.6 Å². The smallest absolute Gasteiger partial charge is 0.249 e. The molecule has 5 aromatic rings. The van der Waals surface area contributed by atoms with Crippen molar-refractivity contribution >= 4 is 50.7 Å². The van der Waals surface area contributed by atoms with Crippen LogP contribution in [0.1, 0.15) is 15.2 Å². The van der Waals surface area contributed by atoms with Crippen molar-refractivity contribution in [1.82, 2.24) is 4.57 Å². The number of nitrogens with zero attached hydrogens (tertiary/aromatic N) is 1. The molecule has 1 amide bonds. The maximum absolute atomic E-state index is 12.1. The minimum atomic E-state index is -0.410. The number of halogens is 1. The number of primary amides is 1. The fourth-order valence-corrected chi connectivity index (χ4v) is 4.72. The molecule has 0 saturated carbocycles. The third-order valence-electron chi connectivity index (χ3n) is 5.23. The average molecular weight is 417 g/mol. The molecule has 0 radical (unpaired) electrons. The topological polar surface area (TPSA) is 48.0 Å². The number of fused-ring (bicyclic) bond motifs is 3. The van der Waals surface area contributed by atoms with Crippen LogP contribution in [-0.4, -0.2) is 10.5 Å². The highest BCUT2D eigenvalue weighted by Crippen LogP contribution is 2.35. The molecule has 29 heavy (non-hydrogen) atoms. The third-order valence-corrected chi connectivity index (χ3v) is 6.34. The highest BCUT2D eigenvalue weighted by atomic mass is 35.5. The summed E-state index contributed by atoms with van der Waals surface area (Å²) >= 11 is 7.78. The Bertz CT molecular complexity index is 1350. The summed E-state index contributed by atoms with van der Waals surface area (Å²) in [6.45, 7) is 0.740. The standard InChI is InChI=1S/C24H17ClN2OS/c25-17-9-6-15(7-10-17)16-8-11-19-22(13-16)27(14-18-3-2-12-29-18)21-5-1-4-20(23(19)21)24(26)28/h1-13H,14H2,(H2,26,28). The summed E-state index contributed by atoms with van der Waals surface area (Å²) in [7, 11) is 0. The van der Waals surface area contributed by atoms with Crippen molar-refractivity contribution in [3.63, 3.8) is 0 Å². The van der Waals surface area contributed by atoms with E-state index in [0.29, 0.717) is 10.6 Å². The monoisotopic (exact) mass is 416 g/mol. The number of hydrogen-bond acceptors (Lipinski definition) is 2. The van der Waals surface area contributed by atoms with E-state index >= 15 is 0 Å². The van der Waals surface area contributed by atoms with Crippen LogP contribution in [0.25, 0.3) is 32.9 Å². The SMILES string of the molecule is NC(=O)c1cccc2c1c1ccc(-c3ccc(Cl)cc3)cc1n2Cc1cccs1. The first-order valence-electron chi connectivity index (χ1n) is 9.25. The van der Waals surface area contributed by atoms with E-state index < -0.39 is 5.91 Å². The fourth-order valence-electron chi connectivity index (χ4n) is 3.90. The van der Waals surface area contributed by atoms with E-state index in [4.69, 9.17) is 17.3 Å². The summed E-state index contributed by atoms with van der Waals surface area (Å²) in [4.78, 5) is 13.4. The van der Waals surface area contributed by atoms with Crippen LogP contribution in [0.15, 0.2) is 78.2 Å². The number of carbonyl (C=O) groups excluding carboxylic acids is 1. The second kappa shape index (κ2) is 7.07. The summed E-state index contributed by atoms with van der Waals surface area (Å²) < 4.78 is 2.27. The average Bonchev–Trinajstić information content (AvgIpc) is 3.35.